The summed E-state index contributed by atoms with van der Waals surface area (Å²) in [5.74, 6) is 0. The molecule has 2 N–H and O–H groups in total. The van der Waals surface area contributed by atoms with E-state index in [1.165, 1.54) is 0 Å². The Morgan fingerprint density at radius 2 is 1.67 bits per heavy atom. The summed E-state index contributed by atoms with van der Waals surface area (Å²) >= 11 is 0. The SMILES string of the molecule is CNc1ccc2ccc(NC=O)cc2c1. The standard InChI is InChI=1S/C12H12N2O/c1-13-11-4-2-9-3-5-12(14-8-15)7-10(9)6-11/h2-8,13H,1H3,(H,14,15). The lowest BCUT2D eigenvalue weighted by Crippen LogP contribution is -1.93. The molecule has 0 aliphatic rings. The average Bonchev–Trinajstić information content (AvgIpc) is 2.28. The molecule has 2 rings (SSSR count). The number of nitrogens with one attached hydrogen (secondary N) is 2. The molecule has 1 amide bonds. The molecule has 0 spiro atoms. The Labute approximate surface area is 88.1 Å². The molecule has 0 radical (unpaired) electrons. The van der Waals surface area contributed by atoms with Gasteiger partial charge in [0.25, 0.3) is 0 Å². The van der Waals surface area contributed by atoms with Crippen molar-refractivity contribution in [1.29, 1.82) is 0 Å². The first kappa shape index (κ1) is 9.52. The van der Waals surface area contributed by atoms with E-state index in [0.717, 1.165) is 22.1 Å². The number of carbonyl (C=O) groups excluding carboxylic acids is 1. The normalized spacial score (nSPS) is 9.93. The summed E-state index contributed by atoms with van der Waals surface area (Å²) in [4.78, 5) is 10.3. The smallest absolute Gasteiger partial charge is 0.211 e. The second kappa shape index (κ2) is 4.00. The number of amides is 1. The molecule has 0 unspecified atom stereocenters. The number of benzene rings is 2. The van der Waals surface area contributed by atoms with Crippen molar-refractivity contribution in [3.05, 3.63) is 36.4 Å². The molecule has 76 valence electrons. The van der Waals surface area contributed by atoms with Gasteiger partial charge in [-0.2, -0.15) is 0 Å². The van der Waals surface area contributed by atoms with Gasteiger partial charge in [0.15, 0.2) is 0 Å². The van der Waals surface area contributed by atoms with Gasteiger partial charge in [-0.05, 0) is 35.0 Å². The zero-order valence-electron chi connectivity index (χ0n) is 8.45. The Bertz CT molecular complexity index is 494. The summed E-state index contributed by atoms with van der Waals surface area (Å²) < 4.78 is 0. The largest absolute Gasteiger partial charge is 0.388 e. The van der Waals surface area contributed by atoms with Crippen LogP contribution in [0.1, 0.15) is 0 Å². The first-order chi connectivity index (χ1) is 7.33. The van der Waals surface area contributed by atoms with Gasteiger partial charge < -0.3 is 10.6 Å². The molecule has 0 saturated carbocycles. The maximum Gasteiger partial charge on any atom is 0.211 e. The molecule has 0 heterocycles. The van der Waals surface area contributed by atoms with Crippen LogP contribution in [0, 0.1) is 0 Å². The van der Waals surface area contributed by atoms with Gasteiger partial charge in [-0.1, -0.05) is 12.1 Å². The summed E-state index contributed by atoms with van der Waals surface area (Å²) in [6.07, 6.45) is 0.684. The predicted octanol–water partition coefficient (Wildman–Crippen LogP) is 2.45. The summed E-state index contributed by atoms with van der Waals surface area (Å²) in [6.45, 7) is 0. The van der Waals surface area contributed by atoms with E-state index in [-0.39, 0.29) is 0 Å². The number of hydrogen-bond donors (Lipinski definition) is 2. The van der Waals surface area contributed by atoms with Crippen molar-refractivity contribution < 1.29 is 4.79 Å². The highest BCUT2D eigenvalue weighted by molar-refractivity contribution is 5.90. The molecule has 0 aliphatic heterocycles. The lowest BCUT2D eigenvalue weighted by molar-refractivity contribution is -0.105. The van der Waals surface area contributed by atoms with E-state index in [4.69, 9.17) is 0 Å². The molecule has 3 heteroatoms. The van der Waals surface area contributed by atoms with Gasteiger partial charge in [-0.3, -0.25) is 4.79 Å². The van der Waals surface area contributed by atoms with Crippen LogP contribution in [0.4, 0.5) is 11.4 Å². The molecule has 2 aromatic rings. The second-order valence-electron chi connectivity index (χ2n) is 3.29. The Balaban J connectivity index is 2.52. The fraction of sp³-hybridized carbons (Fsp3) is 0.0833. The molecule has 0 aromatic heterocycles. The molecule has 0 atom stereocenters. The van der Waals surface area contributed by atoms with E-state index in [1.807, 2.05) is 43.4 Å². The maximum absolute atomic E-state index is 10.3. The van der Waals surface area contributed by atoms with E-state index in [9.17, 15) is 4.79 Å². The van der Waals surface area contributed by atoms with Crippen LogP contribution in [0.15, 0.2) is 36.4 Å². The monoisotopic (exact) mass is 200 g/mol. The van der Waals surface area contributed by atoms with Gasteiger partial charge >= 0.3 is 0 Å². The predicted molar refractivity (Wildman–Crippen MR) is 63.2 cm³/mol. The Hall–Kier alpha value is -2.03. The van der Waals surface area contributed by atoms with Crippen LogP contribution < -0.4 is 10.6 Å². The number of carbonyl (C=O) groups is 1. The van der Waals surface area contributed by atoms with E-state index >= 15 is 0 Å². The molecule has 3 nitrogen and oxygen atoms in total. The van der Waals surface area contributed by atoms with Crippen LogP contribution in [0.3, 0.4) is 0 Å². The minimum absolute atomic E-state index is 0.684. The third-order valence-electron chi connectivity index (χ3n) is 2.35. The van der Waals surface area contributed by atoms with Gasteiger partial charge in [0, 0.05) is 18.4 Å². The quantitative estimate of drug-likeness (QED) is 0.747. The summed E-state index contributed by atoms with van der Waals surface area (Å²) in [6, 6.07) is 11.9. The number of hydrogen-bond acceptors (Lipinski definition) is 2. The first-order valence-electron chi connectivity index (χ1n) is 4.75. The van der Waals surface area contributed by atoms with Crippen molar-refractivity contribution in [2.24, 2.45) is 0 Å². The van der Waals surface area contributed by atoms with E-state index in [0.29, 0.717) is 6.41 Å². The molecule has 0 fully saturated rings. The first-order valence-corrected chi connectivity index (χ1v) is 4.75. The fourth-order valence-corrected chi connectivity index (χ4v) is 1.56. The topological polar surface area (TPSA) is 41.1 Å². The summed E-state index contributed by atoms with van der Waals surface area (Å²) in [5.41, 5.74) is 1.87. The molecular formula is C12H12N2O. The van der Waals surface area contributed by atoms with Crippen LogP contribution in [-0.2, 0) is 4.79 Å². The number of rotatable bonds is 3. The van der Waals surface area contributed by atoms with Crippen molar-refractivity contribution in [2.45, 2.75) is 0 Å². The van der Waals surface area contributed by atoms with E-state index in [2.05, 4.69) is 10.6 Å². The third-order valence-corrected chi connectivity index (χ3v) is 2.35. The van der Waals surface area contributed by atoms with E-state index in [1.54, 1.807) is 0 Å². The average molecular weight is 200 g/mol. The fourth-order valence-electron chi connectivity index (χ4n) is 1.56. The maximum atomic E-state index is 10.3. The van der Waals surface area contributed by atoms with Crippen molar-refractivity contribution in [3.63, 3.8) is 0 Å². The number of fused-ring (bicyclic) bond motifs is 1. The molecular weight excluding hydrogens is 188 g/mol. The minimum Gasteiger partial charge on any atom is -0.388 e. The van der Waals surface area contributed by atoms with Gasteiger partial charge in [0.2, 0.25) is 6.41 Å². The molecule has 0 bridgehead atoms. The minimum atomic E-state index is 0.684. The van der Waals surface area contributed by atoms with Crippen molar-refractivity contribution in [2.75, 3.05) is 17.7 Å². The summed E-state index contributed by atoms with van der Waals surface area (Å²) in [5, 5.41) is 7.98. The van der Waals surface area contributed by atoms with E-state index < -0.39 is 0 Å². The lowest BCUT2D eigenvalue weighted by Gasteiger charge is -2.04. The van der Waals surface area contributed by atoms with Crippen LogP contribution in [0.5, 0.6) is 0 Å². The number of anilines is 2. The van der Waals surface area contributed by atoms with Gasteiger partial charge in [-0.25, -0.2) is 0 Å². The molecule has 0 saturated heterocycles. The highest BCUT2D eigenvalue weighted by atomic mass is 16.1. The Morgan fingerprint density at radius 3 is 2.33 bits per heavy atom. The highest BCUT2D eigenvalue weighted by Crippen LogP contribution is 2.22. The van der Waals surface area contributed by atoms with Crippen molar-refractivity contribution in [1.82, 2.24) is 0 Å². The van der Waals surface area contributed by atoms with Gasteiger partial charge in [0.1, 0.15) is 0 Å². The molecule has 15 heavy (non-hydrogen) atoms. The Kier molecular flexibility index (Phi) is 2.54. The van der Waals surface area contributed by atoms with Crippen LogP contribution in [0.25, 0.3) is 10.8 Å². The van der Waals surface area contributed by atoms with Crippen LogP contribution in [0.2, 0.25) is 0 Å². The second-order valence-corrected chi connectivity index (χ2v) is 3.29. The van der Waals surface area contributed by atoms with Crippen LogP contribution >= 0.6 is 0 Å². The highest BCUT2D eigenvalue weighted by Gasteiger charge is 1.96. The zero-order valence-corrected chi connectivity index (χ0v) is 8.45. The van der Waals surface area contributed by atoms with Gasteiger partial charge in [0.05, 0.1) is 0 Å². The lowest BCUT2D eigenvalue weighted by atomic mass is 10.1. The van der Waals surface area contributed by atoms with Crippen LogP contribution in [-0.4, -0.2) is 13.5 Å². The van der Waals surface area contributed by atoms with Crippen molar-refractivity contribution >= 4 is 28.6 Å². The third kappa shape index (κ3) is 1.91. The zero-order chi connectivity index (χ0) is 10.7. The summed E-state index contributed by atoms with van der Waals surface area (Å²) in [7, 11) is 1.88. The molecule has 2 aromatic carbocycles. The van der Waals surface area contributed by atoms with Crippen molar-refractivity contribution in [3.8, 4) is 0 Å². The van der Waals surface area contributed by atoms with Gasteiger partial charge in [-0.15, -0.1) is 0 Å². The Morgan fingerprint density at radius 1 is 1.00 bits per heavy atom. The molecule has 0 aliphatic carbocycles.